The van der Waals surface area contributed by atoms with Crippen molar-refractivity contribution in [3.05, 3.63) is 65.7 Å². The van der Waals surface area contributed by atoms with Crippen LogP contribution in [0.2, 0.25) is 0 Å². The number of hydrogen-bond donors (Lipinski definition) is 0. The SMILES string of the molecule is COCOc1ccccc1C(=O)C(C(=O)c1ccccc1)=S(C)C. The van der Waals surface area contributed by atoms with Gasteiger partial charge < -0.3 is 9.47 Å². The van der Waals surface area contributed by atoms with E-state index < -0.39 is 10.5 Å². The van der Waals surface area contributed by atoms with Gasteiger partial charge >= 0.3 is 0 Å². The zero-order valence-corrected chi connectivity index (χ0v) is 14.8. The third kappa shape index (κ3) is 4.19. The number of carbonyl (C=O) groups is 2. The van der Waals surface area contributed by atoms with E-state index in [1.165, 1.54) is 7.11 Å². The van der Waals surface area contributed by atoms with E-state index in [1.54, 1.807) is 48.5 Å². The lowest BCUT2D eigenvalue weighted by Gasteiger charge is -2.13. The van der Waals surface area contributed by atoms with Gasteiger partial charge in [0.05, 0.1) is 10.4 Å². The summed E-state index contributed by atoms with van der Waals surface area (Å²) in [6.07, 6.45) is 3.74. The zero-order chi connectivity index (χ0) is 17.5. The van der Waals surface area contributed by atoms with Gasteiger partial charge in [0.2, 0.25) is 11.6 Å². The molecule has 24 heavy (non-hydrogen) atoms. The fourth-order valence-electron chi connectivity index (χ4n) is 2.22. The Morgan fingerprint density at radius 3 is 2.17 bits per heavy atom. The molecule has 2 aromatic rings. The van der Waals surface area contributed by atoms with Crippen molar-refractivity contribution in [1.29, 1.82) is 0 Å². The maximum atomic E-state index is 13.0. The molecular weight excluding hydrogens is 324 g/mol. The van der Waals surface area contributed by atoms with E-state index in [0.717, 1.165) is 0 Å². The largest absolute Gasteiger partial charge is 0.467 e. The van der Waals surface area contributed by atoms with Crippen LogP contribution in [0.1, 0.15) is 20.7 Å². The monoisotopic (exact) mass is 344 g/mol. The van der Waals surface area contributed by atoms with Gasteiger partial charge in [-0.3, -0.25) is 9.59 Å². The van der Waals surface area contributed by atoms with E-state index in [0.29, 0.717) is 16.9 Å². The average Bonchev–Trinajstić information content (AvgIpc) is 2.60. The molecule has 2 aromatic carbocycles. The highest BCUT2D eigenvalue weighted by atomic mass is 32.2. The summed E-state index contributed by atoms with van der Waals surface area (Å²) in [6, 6.07) is 15.7. The van der Waals surface area contributed by atoms with Crippen molar-refractivity contribution < 1.29 is 19.1 Å². The Hall–Kier alpha value is -2.24. The molecule has 0 aliphatic carbocycles. The second-order valence-corrected chi connectivity index (χ2v) is 7.26. The first-order valence-electron chi connectivity index (χ1n) is 7.36. The van der Waals surface area contributed by atoms with Crippen LogP contribution in [-0.4, -0.2) is 42.8 Å². The first kappa shape index (κ1) is 18.1. The van der Waals surface area contributed by atoms with Crippen molar-refractivity contribution in [2.24, 2.45) is 0 Å². The van der Waals surface area contributed by atoms with E-state index in [4.69, 9.17) is 9.47 Å². The molecule has 0 saturated carbocycles. The summed E-state index contributed by atoms with van der Waals surface area (Å²) in [5.41, 5.74) is 0.882. The molecule has 0 radical (unpaired) electrons. The second kappa shape index (κ2) is 8.57. The summed E-state index contributed by atoms with van der Waals surface area (Å²) in [6.45, 7) is 0.0379. The molecule has 0 heterocycles. The van der Waals surface area contributed by atoms with Crippen LogP contribution >= 0.6 is 10.5 Å². The van der Waals surface area contributed by atoms with Crippen molar-refractivity contribution >= 4 is 26.9 Å². The van der Waals surface area contributed by atoms with Gasteiger partial charge in [-0.25, -0.2) is 0 Å². The molecule has 0 bridgehead atoms. The molecule has 126 valence electrons. The van der Waals surface area contributed by atoms with Crippen LogP contribution in [0.15, 0.2) is 54.6 Å². The standard InChI is InChI=1S/C19H20O4S/c1-22-13-23-16-12-8-7-11-15(16)18(21)19(24(2)3)17(20)14-9-5-4-6-10-14/h4-12H,13H2,1-3H3. The van der Waals surface area contributed by atoms with Gasteiger partial charge in [-0.1, -0.05) is 42.5 Å². The summed E-state index contributed by atoms with van der Waals surface area (Å²) in [4.78, 5) is 26.1. The molecule has 0 spiro atoms. The highest BCUT2D eigenvalue weighted by Crippen LogP contribution is 2.22. The number of ether oxygens (including phenoxy) is 2. The van der Waals surface area contributed by atoms with Crippen molar-refractivity contribution in [2.75, 3.05) is 26.4 Å². The first-order chi connectivity index (χ1) is 11.6. The Morgan fingerprint density at radius 1 is 0.917 bits per heavy atom. The van der Waals surface area contributed by atoms with Crippen LogP contribution in [0.5, 0.6) is 5.75 Å². The number of rotatable bonds is 7. The fraction of sp³-hybridized carbons (Fsp3) is 0.211. The molecule has 0 N–H and O–H groups in total. The van der Waals surface area contributed by atoms with Crippen molar-refractivity contribution in [2.45, 2.75) is 0 Å². The number of methoxy groups -OCH3 is 1. The number of para-hydroxylation sites is 1. The lowest BCUT2D eigenvalue weighted by atomic mass is 10.0. The molecule has 0 saturated heterocycles. The Kier molecular flexibility index (Phi) is 6.46. The molecule has 0 fully saturated rings. The van der Waals surface area contributed by atoms with Crippen LogP contribution in [0, 0.1) is 0 Å². The van der Waals surface area contributed by atoms with Crippen LogP contribution in [-0.2, 0) is 4.74 Å². The number of hydrogen-bond acceptors (Lipinski definition) is 4. The van der Waals surface area contributed by atoms with Crippen LogP contribution in [0.4, 0.5) is 0 Å². The van der Waals surface area contributed by atoms with Gasteiger partial charge in [0.25, 0.3) is 0 Å². The van der Waals surface area contributed by atoms with Gasteiger partial charge in [-0.05, 0) is 24.6 Å². The van der Waals surface area contributed by atoms with Crippen molar-refractivity contribution in [1.82, 2.24) is 0 Å². The molecule has 0 aliphatic rings. The Morgan fingerprint density at radius 2 is 1.54 bits per heavy atom. The highest BCUT2D eigenvalue weighted by Gasteiger charge is 2.25. The Bertz CT molecular complexity index is 762. The third-order valence-electron chi connectivity index (χ3n) is 3.32. The molecule has 0 aliphatic heterocycles. The van der Waals surface area contributed by atoms with Crippen molar-refractivity contribution in [3.8, 4) is 5.75 Å². The minimum atomic E-state index is -0.498. The van der Waals surface area contributed by atoms with Gasteiger partial charge in [-0.15, -0.1) is 0 Å². The maximum absolute atomic E-state index is 13.0. The number of carbonyl (C=O) groups excluding carboxylic acids is 2. The van der Waals surface area contributed by atoms with E-state index in [2.05, 4.69) is 0 Å². The second-order valence-electron chi connectivity index (χ2n) is 5.22. The maximum Gasteiger partial charge on any atom is 0.206 e. The minimum Gasteiger partial charge on any atom is -0.467 e. The van der Waals surface area contributed by atoms with Crippen LogP contribution in [0.25, 0.3) is 0 Å². The molecular formula is C19H20O4S. The number of benzene rings is 2. The minimum absolute atomic E-state index is 0.0379. The summed E-state index contributed by atoms with van der Waals surface area (Å²) in [5, 5.41) is 0. The highest BCUT2D eigenvalue weighted by molar-refractivity contribution is 8.16. The van der Waals surface area contributed by atoms with Crippen LogP contribution < -0.4 is 4.74 Å². The predicted octanol–water partition coefficient (Wildman–Crippen LogP) is 3.44. The molecule has 2 rings (SSSR count). The summed E-state index contributed by atoms with van der Waals surface area (Å²) >= 11 is 0. The van der Waals surface area contributed by atoms with Gasteiger partial charge in [0.1, 0.15) is 5.75 Å². The third-order valence-corrected chi connectivity index (χ3v) is 4.51. The molecule has 0 atom stereocenters. The molecule has 0 amide bonds. The summed E-state index contributed by atoms with van der Waals surface area (Å²) < 4.78 is 10.4. The lowest BCUT2D eigenvalue weighted by molar-refractivity contribution is 0.0504. The predicted molar refractivity (Wildman–Crippen MR) is 98.5 cm³/mol. The summed E-state index contributed by atoms with van der Waals surface area (Å²) in [5.74, 6) is -0.132. The summed E-state index contributed by atoms with van der Waals surface area (Å²) in [7, 11) is 1.01. The van der Waals surface area contributed by atoms with E-state index in [9.17, 15) is 9.59 Å². The molecule has 4 nitrogen and oxygen atoms in total. The average molecular weight is 344 g/mol. The Labute approximate surface area is 144 Å². The molecule has 0 aromatic heterocycles. The van der Waals surface area contributed by atoms with E-state index in [1.807, 2.05) is 18.6 Å². The van der Waals surface area contributed by atoms with E-state index >= 15 is 0 Å². The topological polar surface area (TPSA) is 52.6 Å². The molecule has 5 heteroatoms. The first-order valence-corrected chi connectivity index (χ1v) is 9.40. The van der Waals surface area contributed by atoms with E-state index in [-0.39, 0.29) is 23.2 Å². The van der Waals surface area contributed by atoms with Crippen molar-refractivity contribution in [3.63, 3.8) is 0 Å². The zero-order valence-electron chi connectivity index (χ0n) is 13.9. The van der Waals surface area contributed by atoms with Gasteiger partial charge in [0.15, 0.2) is 6.79 Å². The normalized spacial score (nSPS) is 10.5. The molecule has 0 unspecified atom stereocenters. The fourth-order valence-corrected chi connectivity index (χ4v) is 3.19. The number of Topliss-reactive ketones (excluding diaryl/α,β-unsaturated/α-hetero) is 2. The Balaban J connectivity index is 2.42. The number of ketones is 2. The smallest absolute Gasteiger partial charge is 0.206 e. The lowest BCUT2D eigenvalue weighted by Crippen LogP contribution is -2.25. The quantitative estimate of drug-likeness (QED) is 0.334. The van der Waals surface area contributed by atoms with Gasteiger partial charge in [-0.2, -0.15) is 10.5 Å². The van der Waals surface area contributed by atoms with Gasteiger partial charge in [0, 0.05) is 12.7 Å². The van der Waals surface area contributed by atoms with Crippen LogP contribution in [0.3, 0.4) is 0 Å².